The number of hydrogen-bond donors (Lipinski definition) is 0. The molecule has 0 amide bonds. The van der Waals surface area contributed by atoms with Crippen LogP contribution < -0.4 is 0 Å². The van der Waals surface area contributed by atoms with E-state index in [4.69, 9.17) is 11.6 Å². The van der Waals surface area contributed by atoms with Gasteiger partial charge in [-0.1, -0.05) is 35.2 Å². The van der Waals surface area contributed by atoms with E-state index in [2.05, 4.69) is 11.8 Å². The molecule has 88 valence electrons. The normalized spacial score (nSPS) is 9.29. The molecule has 4 nitrogen and oxygen atoms in total. The molecular formula is C11H8ClNO3S. The molecule has 17 heavy (non-hydrogen) atoms. The molecule has 1 aromatic carbocycles. The van der Waals surface area contributed by atoms with E-state index in [1.807, 2.05) is 0 Å². The van der Waals surface area contributed by atoms with Crippen molar-refractivity contribution in [1.29, 1.82) is 0 Å². The van der Waals surface area contributed by atoms with E-state index in [-0.39, 0.29) is 15.8 Å². The second-order valence-electron chi connectivity index (χ2n) is 3.00. The van der Waals surface area contributed by atoms with Gasteiger partial charge in [-0.25, -0.2) is 0 Å². The summed E-state index contributed by atoms with van der Waals surface area (Å²) in [5.74, 6) is 5.89. The number of halogens is 1. The summed E-state index contributed by atoms with van der Waals surface area (Å²) < 4.78 is 0. The van der Waals surface area contributed by atoms with E-state index in [0.29, 0.717) is 11.3 Å². The minimum absolute atomic E-state index is 0.00547. The third-order valence-corrected chi connectivity index (χ3v) is 2.74. The van der Waals surface area contributed by atoms with Crippen molar-refractivity contribution in [2.24, 2.45) is 0 Å². The van der Waals surface area contributed by atoms with Crippen LogP contribution in [0, 0.1) is 22.0 Å². The lowest BCUT2D eigenvalue weighted by Gasteiger charge is -1.95. The highest BCUT2D eigenvalue weighted by molar-refractivity contribution is 8.13. The van der Waals surface area contributed by atoms with Crippen LogP contribution in [0.4, 0.5) is 5.69 Å². The van der Waals surface area contributed by atoms with Gasteiger partial charge in [0.25, 0.3) is 5.69 Å². The van der Waals surface area contributed by atoms with E-state index in [0.717, 1.165) is 11.8 Å². The number of nitrogens with zero attached hydrogens (tertiary/aromatic N) is 1. The van der Waals surface area contributed by atoms with Crippen molar-refractivity contribution in [3.63, 3.8) is 0 Å². The molecule has 0 saturated carbocycles. The van der Waals surface area contributed by atoms with Gasteiger partial charge in [-0.15, -0.1) is 0 Å². The Bertz CT molecular complexity index is 519. The van der Waals surface area contributed by atoms with Gasteiger partial charge < -0.3 is 0 Å². The second-order valence-corrected chi connectivity index (χ2v) is 4.56. The monoisotopic (exact) mass is 269 g/mol. The molecule has 1 rings (SSSR count). The average Bonchev–Trinajstić information content (AvgIpc) is 2.25. The zero-order valence-corrected chi connectivity index (χ0v) is 10.5. The molecule has 0 aliphatic carbocycles. The van der Waals surface area contributed by atoms with Crippen molar-refractivity contribution < 1.29 is 9.72 Å². The number of nitro benzene ring substituents is 1. The highest BCUT2D eigenvalue weighted by Gasteiger charge is 2.07. The summed E-state index contributed by atoms with van der Waals surface area (Å²) in [7, 11) is 0. The number of carbonyl (C=O) groups excluding carboxylic acids is 1. The van der Waals surface area contributed by atoms with Crippen LogP contribution in [0.2, 0.25) is 5.02 Å². The Balaban J connectivity index is 2.79. The molecule has 0 aliphatic heterocycles. The molecule has 0 saturated heterocycles. The van der Waals surface area contributed by atoms with Crippen molar-refractivity contribution in [2.45, 2.75) is 6.92 Å². The van der Waals surface area contributed by atoms with Gasteiger partial charge in [0.1, 0.15) is 0 Å². The molecular weight excluding hydrogens is 262 g/mol. The number of carbonyl (C=O) groups is 1. The van der Waals surface area contributed by atoms with Crippen LogP contribution in [0.5, 0.6) is 0 Å². The summed E-state index contributed by atoms with van der Waals surface area (Å²) in [6.45, 7) is 1.46. The maximum Gasteiger partial charge on any atom is 0.271 e. The molecule has 1 aromatic rings. The fourth-order valence-electron chi connectivity index (χ4n) is 0.988. The van der Waals surface area contributed by atoms with Crippen LogP contribution in [0.25, 0.3) is 0 Å². The number of thioether (sulfide) groups is 1. The first-order valence-corrected chi connectivity index (χ1v) is 5.93. The van der Waals surface area contributed by atoms with Gasteiger partial charge in [0, 0.05) is 24.6 Å². The Labute approximate surface area is 107 Å². The van der Waals surface area contributed by atoms with Gasteiger partial charge >= 0.3 is 0 Å². The zero-order valence-electron chi connectivity index (χ0n) is 8.90. The Morgan fingerprint density at radius 1 is 1.59 bits per heavy atom. The average molecular weight is 270 g/mol. The van der Waals surface area contributed by atoms with Crippen LogP contribution >= 0.6 is 23.4 Å². The van der Waals surface area contributed by atoms with Crippen LogP contribution in [-0.4, -0.2) is 15.8 Å². The number of hydrogen-bond acceptors (Lipinski definition) is 4. The molecule has 0 fully saturated rings. The van der Waals surface area contributed by atoms with Crippen LogP contribution in [0.1, 0.15) is 12.5 Å². The standard InChI is InChI=1S/C11H8ClNO3S/c1-8(14)17-6-2-3-9-4-5-10(13(15)16)7-11(9)12/h4-5,7H,6H2,1H3. The Morgan fingerprint density at radius 3 is 2.82 bits per heavy atom. The van der Waals surface area contributed by atoms with E-state index < -0.39 is 4.92 Å². The largest absolute Gasteiger partial charge is 0.288 e. The SMILES string of the molecule is CC(=O)SCC#Cc1ccc([N+](=O)[O-])cc1Cl. The van der Waals surface area contributed by atoms with Crippen LogP contribution in [-0.2, 0) is 4.79 Å². The molecule has 0 N–H and O–H groups in total. The summed E-state index contributed by atoms with van der Waals surface area (Å²) in [5, 5.41) is 10.7. The number of rotatable bonds is 2. The third kappa shape index (κ3) is 4.47. The third-order valence-electron chi connectivity index (χ3n) is 1.73. The fourth-order valence-corrected chi connectivity index (χ4v) is 1.56. The number of benzene rings is 1. The van der Waals surface area contributed by atoms with Gasteiger partial charge in [0.15, 0.2) is 5.12 Å². The molecule has 0 heterocycles. The first-order chi connectivity index (χ1) is 8.00. The van der Waals surface area contributed by atoms with E-state index in [1.54, 1.807) is 0 Å². The molecule has 6 heteroatoms. The van der Waals surface area contributed by atoms with Crippen LogP contribution in [0.15, 0.2) is 18.2 Å². The summed E-state index contributed by atoms with van der Waals surface area (Å²) in [4.78, 5) is 20.6. The van der Waals surface area contributed by atoms with Crippen molar-refractivity contribution in [2.75, 3.05) is 5.75 Å². The predicted molar refractivity (Wildman–Crippen MR) is 68.1 cm³/mol. The summed E-state index contributed by atoms with van der Waals surface area (Å²) in [6.07, 6.45) is 0. The molecule has 0 aliphatic rings. The quantitative estimate of drug-likeness (QED) is 0.470. The topological polar surface area (TPSA) is 60.2 Å². The Kier molecular flexibility index (Phi) is 5.01. The molecule has 0 bridgehead atoms. The van der Waals surface area contributed by atoms with Gasteiger partial charge in [0.2, 0.25) is 0 Å². The van der Waals surface area contributed by atoms with Crippen molar-refractivity contribution >= 4 is 34.2 Å². The number of non-ortho nitro benzene ring substituents is 1. The Hall–Kier alpha value is -1.51. The first kappa shape index (κ1) is 13.6. The van der Waals surface area contributed by atoms with E-state index >= 15 is 0 Å². The minimum atomic E-state index is -0.519. The van der Waals surface area contributed by atoms with Crippen LogP contribution in [0.3, 0.4) is 0 Å². The van der Waals surface area contributed by atoms with Crippen molar-refractivity contribution in [3.05, 3.63) is 38.9 Å². The lowest BCUT2D eigenvalue weighted by Crippen LogP contribution is -1.88. The molecule has 0 radical (unpaired) electrons. The maximum atomic E-state index is 10.6. The molecule has 0 spiro atoms. The van der Waals surface area contributed by atoms with Gasteiger partial charge in [0.05, 0.1) is 15.7 Å². The fraction of sp³-hybridized carbons (Fsp3) is 0.182. The Morgan fingerprint density at radius 2 is 2.29 bits per heavy atom. The molecule has 0 atom stereocenters. The highest BCUT2D eigenvalue weighted by atomic mass is 35.5. The molecule has 0 aromatic heterocycles. The summed E-state index contributed by atoms with van der Waals surface area (Å²) in [5.41, 5.74) is 0.445. The van der Waals surface area contributed by atoms with Crippen molar-refractivity contribution in [1.82, 2.24) is 0 Å². The van der Waals surface area contributed by atoms with Gasteiger partial charge in [-0.2, -0.15) is 0 Å². The minimum Gasteiger partial charge on any atom is -0.288 e. The zero-order chi connectivity index (χ0) is 12.8. The highest BCUT2D eigenvalue weighted by Crippen LogP contribution is 2.21. The predicted octanol–water partition coefficient (Wildman–Crippen LogP) is 2.88. The lowest BCUT2D eigenvalue weighted by molar-refractivity contribution is -0.384. The first-order valence-electron chi connectivity index (χ1n) is 4.57. The van der Waals surface area contributed by atoms with E-state index in [1.165, 1.54) is 25.1 Å². The number of nitro groups is 1. The summed E-state index contributed by atoms with van der Waals surface area (Å²) in [6, 6.07) is 4.09. The van der Waals surface area contributed by atoms with E-state index in [9.17, 15) is 14.9 Å². The van der Waals surface area contributed by atoms with Gasteiger partial charge in [-0.05, 0) is 6.07 Å². The van der Waals surface area contributed by atoms with Gasteiger partial charge in [-0.3, -0.25) is 14.9 Å². The maximum absolute atomic E-state index is 10.6. The lowest BCUT2D eigenvalue weighted by atomic mass is 10.2. The van der Waals surface area contributed by atoms with Crippen molar-refractivity contribution in [3.8, 4) is 11.8 Å². The molecule has 0 unspecified atom stereocenters. The second kappa shape index (κ2) is 6.28. The summed E-state index contributed by atoms with van der Waals surface area (Å²) >= 11 is 6.93. The smallest absolute Gasteiger partial charge is 0.271 e.